The number of urea groups is 1. The number of nitrogens with one attached hydrogen (secondary N) is 3. The van der Waals surface area contributed by atoms with Crippen LogP contribution in [0.25, 0.3) is 0 Å². The van der Waals surface area contributed by atoms with E-state index in [0.717, 1.165) is 11.2 Å². The summed E-state index contributed by atoms with van der Waals surface area (Å²) >= 11 is 0. The van der Waals surface area contributed by atoms with Crippen LogP contribution >= 0.6 is 0 Å². The zero-order valence-corrected chi connectivity index (χ0v) is 13.4. The number of amides is 3. The van der Waals surface area contributed by atoms with Crippen molar-refractivity contribution in [3.05, 3.63) is 30.1 Å². The molecule has 0 unspecified atom stereocenters. The molecule has 0 aliphatic carbocycles. The zero-order valence-electron chi connectivity index (χ0n) is 13.4. The van der Waals surface area contributed by atoms with Gasteiger partial charge in [0.2, 0.25) is 0 Å². The van der Waals surface area contributed by atoms with Gasteiger partial charge in [0.15, 0.2) is 0 Å². The van der Waals surface area contributed by atoms with Gasteiger partial charge in [0.05, 0.1) is 12.0 Å². The number of ether oxygens (including phenoxy) is 1. The minimum Gasteiger partial charge on any atom is -0.444 e. The molecule has 8 heteroatoms. The second kappa shape index (κ2) is 8.11. The minimum atomic E-state index is -0.590. The highest BCUT2D eigenvalue weighted by Gasteiger charge is 2.16. The molecule has 1 rings (SSSR count). The van der Waals surface area contributed by atoms with Gasteiger partial charge >= 0.3 is 12.1 Å². The molecule has 0 aliphatic heterocycles. The standard InChI is InChI=1S/C15H21FN4O3/c1-15(2,3)23-14(22)19-9-8-18-13(21)20(10-17)12-6-4-11(16)5-7-12/h4-7,10,17H,8-9H2,1-3H3,(H,18,21)(H,19,22). The topological polar surface area (TPSA) is 94.5 Å². The number of anilines is 1. The molecule has 0 saturated heterocycles. The summed E-state index contributed by atoms with van der Waals surface area (Å²) < 4.78 is 17.9. The van der Waals surface area contributed by atoms with E-state index in [9.17, 15) is 14.0 Å². The van der Waals surface area contributed by atoms with Crippen LogP contribution in [0.3, 0.4) is 0 Å². The molecule has 0 heterocycles. The molecule has 0 bridgehead atoms. The number of carbonyl (C=O) groups is 2. The van der Waals surface area contributed by atoms with Crippen molar-refractivity contribution in [3.8, 4) is 0 Å². The third kappa shape index (κ3) is 6.77. The molecule has 0 aliphatic rings. The summed E-state index contributed by atoms with van der Waals surface area (Å²) in [7, 11) is 0. The molecular formula is C15H21FN4O3. The van der Waals surface area contributed by atoms with E-state index in [4.69, 9.17) is 10.1 Å². The van der Waals surface area contributed by atoms with Gasteiger partial charge in [-0.05, 0) is 45.0 Å². The monoisotopic (exact) mass is 324 g/mol. The molecule has 0 saturated carbocycles. The number of nitrogens with zero attached hydrogens (tertiary/aromatic N) is 1. The first-order valence-electron chi connectivity index (χ1n) is 7.03. The van der Waals surface area contributed by atoms with Crippen LogP contribution in [0.2, 0.25) is 0 Å². The molecule has 1 aromatic rings. The quantitative estimate of drug-likeness (QED) is 0.441. The van der Waals surface area contributed by atoms with Crippen molar-refractivity contribution < 1.29 is 18.7 Å². The number of alkyl carbamates (subject to hydrolysis) is 1. The number of hydrogen-bond acceptors (Lipinski definition) is 4. The smallest absolute Gasteiger partial charge is 0.407 e. The van der Waals surface area contributed by atoms with Gasteiger partial charge in [0, 0.05) is 13.1 Å². The first-order chi connectivity index (χ1) is 10.7. The van der Waals surface area contributed by atoms with Gasteiger partial charge in [-0.3, -0.25) is 10.3 Å². The minimum absolute atomic E-state index is 0.156. The van der Waals surface area contributed by atoms with Crippen LogP contribution in [0, 0.1) is 11.2 Å². The summed E-state index contributed by atoms with van der Waals surface area (Å²) in [5, 5.41) is 12.3. The molecule has 1 aromatic carbocycles. The van der Waals surface area contributed by atoms with Crippen molar-refractivity contribution >= 4 is 24.2 Å². The third-order valence-corrected chi connectivity index (χ3v) is 2.52. The lowest BCUT2D eigenvalue weighted by atomic mass is 10.2. The Labute approximate surface area is 134 Å². The van der Waals surface area contributed by atoms with Crippen LogP contribution in [-0.2, 0) is 4.74 Å². The maximum atomic E-state index is 12.9. The van der Waals surface area contributed by atoms with Crippen molar-refractivity contribution in [2.45, 2.75) is 26.4 Å². The Morgan fingerprint density at radius 3 is 2.30 bits per heavy atom. The van der Waals surface area contributed by atoms with E-state index in [-0.39, 0.29) is 13.1 Å². The molecule has 0 fully saturated rings. The Hall–Kier alpha value is -2.64. The van der Waals surface area contributed by atoms with Crippen molar-refractivity contribution in [1.82, 2.24) is 10.6 Å². The average Bonchev–Trinajstić information content (AvgIpc) is 2.44. The molecule has 0 aromatic heterocycles. The predicted molar refractivity (Wildman–Crippen MR) is 85.3 cm³/mol. The molecule has 7 nitrogen and oxygen atoms in total. The summed E-state index contributed by atoms with van der Waals surface area (Å²) in [4.78, 5) is 24.4. The molecule has 126 valence electrons. The highest BCUT2D eigenvalue weighted by Crippen LogP contribution is 2.13. The van der Waals surface area contributed by atoms with Crippen LogP contribution in [-0.4, -0.2) is 37.2 Å². The summed E-state index contributed by atoms with van der Waals surface area (Å²) in [6.45, 7) is 5.58. The first-order valence-corrected chi connectivity index (χ1v) is 7.03. The second-order valence-corrected chi connectivity index (χ2v) is 5.64. The fraction of sp³-hybridized carbons (Fsp3) is 0.400. The number of rotatable bonds is 5. The Morgan fingerprint density at radius 2 is 1.78 bits per heavy atom. The van der Waals surface area contributed by atoms with E-state index in [1.807, 2.05) is 0 Å². The van der Waals surface area contributed by atoms with E-state index in [2.05, 4.69) is 10.6 Å². The Bertz CT molecular complexity index is 555. The van der Waals surface area contributed by atoms with Crippen molar-refractivity contribution in [2.75, 3.05) is 18.0 Å². The third-order valence-electron chi connectivity index (χ3n) is 2.52. The Balaban J connectivity index is 2.41. The van der Waals surface area contributed by atoms with Crippen LogP contribution in [0.4, 0.5) is 19.7 Å². The molecule has 0 spiro atoms. The van der Waals surface area contributed by atoms with E-state index in [1.165, 1.54) is 24.3 Å². The van der Waals surface area contributed by atoms with Gasteiger partial charge in [-0.15, -0.1) is 0 Å². The van der Waals surface area contributed by atoms with Crippen molar-refractivity contribution in [1.29, 1.82) is 5.41 Å². The molecule has 0 radical (unpaired) electrons. The number of benzene rings is 1. The second-order valence-electron chi connectivity index (χ2n) is 5.64. The van der Waals surface area contributed by atoms with Crippen LogP contribution in [0.5, 0.6) is 0 Å². The fourth-order valence-electron chi connectivity index (χ4n) is 1.59. The summed E-state index contributed by atoms with van der Waals surface area (Å²) in [6.07, 6.45) is 0.248. The van der Waals surface area contributed by atoms with Gasteiger partial charge in [0.25, 0.3) is 0 Å². The molecule has 23 heavy (non-hydrogen) atoms. The number of carbonyl (C=O) groups excluding carboxylic acids is 2. The van der Waals surface area contributed by atoms with Gasteiger partial charge in [-0.25, -0.2) is 14.0 Å². The van der Waals surface area contributed by atoms with E-state index in [0.29, 0.717) is 5.69 Å². The predicted octanol–water partition coefficient (Wildman–Crippen LogP) is 2.47. The maximum absolute atomic E-state index is 12.9. The molecule has 0 atom stereocenters. The van der Waals surface area contributed by atoms with E-state index in [1.54, 1.807) is 20.8 Å². The van der Waals surface area contributed by atoms with E-state index < -0.39 is 23.5 Å². The SMILES string of the molecule is CC(C)(C)OC(=O)NCCNC(=O)N(C=N)c1ccc(F)cc1. The van der Waals surface area contributed by atoms with Gasteiger partial charge in [0.1, 0.15) is 11.4 Å². The lowest BCUT2D eigenvalue weighted by molar-refractivity contribution is 0.0528. The average molecular weight is 324 g/mol. The summed E-state index contributed by atoms with van der Waals surface area (Å²) in [6, 6.07) is 4.61. The van der Waals surface area contributed by atoms with Gasteiger partial charge in [-0.2, -0.15) is 0 Å². The van der Waals surface area contributed by atoms with Crippen molar-refractivity contribution in [2.24, 2.45) is 0 Å². The normalized spacial score (nSPS) is 10.6. The molecular weight excluding hydrogens is 303 g/mol. The van der Waals surface area contributed by atoms with Crippen LogP contribution in [0.15, 0.2) is 24.3 Å². The fourth-order valence-corrected chi connectivity index (χ4v) is 1.59. The number of hydrogen-bond donors (Lipinski definition) is 3. The summed E-state index contributed by atoms with van der Waals surface area (Å²) in [5.74, 6) is -0.430. The van der Waals surface area contributed by atoms with Gasteiger partial charge < -0.3 is 15.4 Å². The first kappa shape index (κ1) is 18.4. The molecule has 3 amide bonds. The highest BCUT2D eigenvalue weighted by molar-refractivity contribution is 6.06. The molecule has 3 N–H and O–H groups in total. The van der Waals surface area contributed by atoms with E-state index >= 15 is 0 Å². The highest BCUT2D eigenvalue weighted by atomic mass is 19.1. The van der Waals surface area contributed by atoms with Crippen LogP contribution in [0.1, 0.15) is 20.8 Å². The van der Waals surface area contributed by atoms with Crippen molar-refractivity contribution in [3.63, 3.8) is 0 Å². The Kier molecular flexibility index (Phi) is 6.49. The lowest BCUT2D eigenvalue weighted by Gasteiger charge is -2.20. The Morgan fingerprint density at radius 1 is 1.22 bits per heavy atom. The maximum Gasteiger partial charge on any atom is 0.407 e. The van der Waals surface area contributed by atoms with Crippen LogP contribution < -0.4 is 15.5 Å². The zero-order chi connectivity index (χ0) is 17.5. The van der Waals surface area contributed by atoms with Gasteiger partial charge in [-0.1, -0.05) is 0 Å². The largest absolute Gasteiger partial charge is 0.444 e. The number of halogens is 1. The lowest BCUT2D eigenvalue weighted by Crippen LogP contribution is -2.43. The summed E-state index contributed by atoms with van der Waals surface area (Å²) in [5.41, 5.74) is -0.230.